The molecule has 9 nitrogen and oxygen atoms in total. The molecule has 1 atom stereocenters. The molecule has 4 aromatic rings. The maximum atomic E-state index is 13.0. The minimum absolute atomic E-state index is 0.00754. The second kappa shape index (κ2) is 7.70. The Bertz CT molecular complexity index is 1370. The van der Waals surface area contributed by atoms with Crippen LogP contribution in [0.5, 0.6) is 11.6 Å². The molecule has 1 aliphatic rings. The van der Waals surface area contributed by atoms with Gasteiger partial charge in [0.2, 0.25) is 0 Å². The van der Waals surface area contributed by atoms with Crippen LogP contribution in [0.4, 0.5) is 4.79 Å². The molecule has 3 heterocycles. The zero-order valence-electron chi connectivity index (χ0n) is 18.2. The summed E-state index contributed by atoms with van der Waals surface area (Å²) in [4.78, 5) is 25.2. The number of hydrogen-bond donors (Lipinski definition) is 3. The van der Waals surface area contributed by atoms with Crippen LogP contribution in [0, 0.1) is 0 Å². The lowest BCUT2D eigenvalue weighted by Crippen LogP contribution is -2.47. The van der Waals surface area contributed by atoms with Gasteiger partial charge in [0, 0.05) is 35.8 Å². The summed E-state index contributed by atoms with van der Waals surface area (Å²) in [5.41, 5.74) is 1.10. The molecule has 2 aromatic heterocycles. The molecule has 3 amide bonds. The summed E-state index contributed by atoms with van der Waals surface area (Å²) in [6.45, 7) is 2.42. The average Bonchev–Trinajstić information content (AvgIpc) is 3.45. The van der Waals surface area contributed by atoms with E-state index < -0.39 is 17.5 Å². The molecule has 168 valence electrons. The van der Waals surface area contributed by atoms with Gasteiger partial charge in [-0.05, 0) is 36.2 Å². The Balaban J connectivity index is 1.54. The molecular formula is C24H23N5O4. The molecule has 3 N–H and O–H groups in total. The van der Waals surface area contributed by atoms with Gasteiger partial charge < -0.3 is 19.7 Å². The molecule has 1 aliphatic heterocycles. The van der Waals surface area contributed by atoms with E-state index in [4.69, 9.17) is 4.74 Å². The molecule has 33 heavy (non-hydrogen) atoms. The normalized spacial score (nSPS) is 17.9. The van der Waals surface area contributed by atoms with E-state index >= 15 is 0 Å². The van der Waals surface area contributed by atoms with Crippen molar-refractivity contribution < 1.29 is 19.4 Å². The highest BCUT2D eigenvalue weighted by molar-refractivity contribution is 6.07. The highest BCUT2D eigenvalue weighted by atomic mass is 16.5. The Morgan fingerprint density at radius 3 is 2.52 bits per heavy atom. The number of urea groups is 1. The van der Waals surface area contributed by atoms with Crippen molar-refractivity contribution in [2.45, 2.75) is 19.0 Å². The van der Waals surface area contributed by atoms with E-state index in [0.717, 1.165) is 16.5 Å². The summed E-state index contributed by atoms with van der Waals surface area (Å²) in [7, 11) is 1.84. The van der Waals surface area contributed by atoms with Crippen molar-refractivity contribution in [3.05, 3.63) is 66.6 Å². The maximum absolute atomic E-state index is 13.0. The monoisotopic (exact) mass is 445 g/mol. The molecule has 0 bridgehead atoms. The van der Waals surface area contributed by atoms with Gasteiger partial charge in [-0.1, -0.05) is 24.3 Å². The number of carbonyl (C=O) groups is 2. The Hall–Kier alpha value is -4.27. The van der Waals surface area contributed by atoms with Crippen molar-refractivity contribution in [1.82, 2.24) is 25.0 Å². The lowest BCUT2D eigenvalue weighted by molar-refractivity contribution is -0.124. The number of nitrogens with zero attached hydrogens (tertiary/aromatic N) is 3. The van der Waals surface area contributed by atoms with Crippen molar-refractivity contribution in [3.8, 4) is 22.8 Å². The summed E-state index contributed by atoms with van der Waals surface area (Å²) in [6, 6.07) is 12.2. The van der Waals surface area contributed by atoms with Gasteiger partial charge in [-0.15, -0.1) is 0 Å². The third-order valence-electron chi connectivity index (χ3n) is 5.91. The number of hydrogen-bond acceptors (Lipinski definition) is 5. The Kier molecular flexibility index (Phi) is 4.81. The number of nitrogens with one attached hydrogen (secondary N) is 2. The summed E-state index contributed by atoms with van der Waals surface area (Å²) in [5.74, 6) is 0.159. The third-order valence-corrected chi connectivity index (χ3v) is 5.91. The van der Waals surface area contributed by atoms with Crippen LogP contribution in [0.3, 0.4) is 0 Å². The van der Waals surface area contributed by atoms with Gasteiger partial charge in [-0.25, -0.2) is 4.79 Å². The number of imide groups is 1. The van der Waals surface area contributed by atoms with Crippen LogP contribution in [0.2, 0.25) is 0 Å². The van der Waals surface area contributed by atoms with Gasteiger partial charge in [-0.3, -0.25) is 14.8 Å². The molecule has 0 spiro atoms. The van der Waals surface area contributed by atoms with Gasteiger partial charge in [0.25, 0.3) is 5.91 Å². The fourth-order valence-electron chi connectivity index (χ4n) is 4.27. The fourth-order valence-corrected chi connectivity index (χ4v) is 4.27. The highest BCUT2D eigenvalue weighted by Gasteiger charge is 2.48. The summed E-state index contributed by atoms with van der Waals surface area (Å²) < 4.78 is 8.82. The van der Waals surface area contributed by atoms with Crippen molar-refractivity contribution in [3.63, 3.8) is 0 Å². The molecule has 2 aromatic carbocycles. The topological polar surface area (TPSA) is 110 Å². The van der Waals surface area contributed by atoms with E-state index in [2.05, 4.69) is 15.7 Å². The van der Waals surface area contributed by atoms with E-state index in [0.29, 0.717) is 23.3 Å². The molecule has 0 saturated carbocycles. The number of aromatic nitrogens is 3. The smallest absolute Gasteiger partial charge is 0.322 e. The third kappa shape index (κ3) is 3.47. The summed E-state index contributed by atoms with van der Waals surface area (Å²) >= 11 is 0. The van der Waals surface area contributed by atoms with Crippen molar-refractivity contribution in [2.24, 2.45) is 7.05 Å². The Labute approximate surface area is 189 Å². The minimum atomic E-state index is -1.38. The Morgan fingerprint density at radius 2 is 1.88 bits per heavy atom. The first-order chi connectivity index (χ1) is 15.9. The van der Waals surface area contributed by atoms with Crippen LogP contribution in [-0.4, -0.2) is 38.0 Å². The predicted molar refractivity (Wildman–Crippen MR) is 122 cm³/mol. The van der Waals surface area contributed by atoms with Gasteiger partial charge in [-0.2, -0.15) is 5.10 Å². The standard InChI is InChI=1S/C24H23N5O4/c1-3-33-19-9-6-16-13-29(21(30)20(16)10-19)14-24(22(31)26-23(32)27-24)18-7-4-15(5-8-18)17-11-25-28(2)12-17/h4-13,30H,3,14H2,1-2H3,(H2,26,27,31,32)/t24-/m0/s1. The van der Waals surface area contributed by atoms with Crippen LogP contribution in [0.25, 0.3) is 21.9 Å². The van der Waals surface area contributed by atoms with Crippen LogP contribution in [-0.2, 0) is 23.9 Å². The first-order valence-corrected chi connectivity index (χ1v) is 10.6. The lowest BCUT2D eigenvalue weighted by Gasteiger charge is -2.27. The van der Waals surface area contributed by atoms with Gasteiger partial charge in [0.05, 0.1) is 19.3 Å². The number of fused-ring (bicyclic) bond motifs is 1. The maximum Gasteiger partial charge on any atom is 0.322 e. The number of carbonyl (C=O) groups excluding carboxylic acids is 2. The van der Waals surface area contributed by atoms with Crippen LogP contribution < -0.4 is 15.4 Å². The number of ether oxygens (including phenoxy) is 1. The first kappa shape index (κ1) is 20.6. The molecule has 0 unspecified atom stereocenters. The molecular weight excluding hydrogens is 422 g/mol. The molecule has 9 heteroatoms. The summed E-state index contributed by atoms with van der Waals surface area (Å²) in [6.07, 6.45) is 5.41. The zero-order chi connectivity index (χ0) is 23.2. The van der Waals surface area contributed by atoms with E-state index in [1.807, 2.05) is 44.4 Å². The number of aryl methyl sites for hydroxylation is 1. The van der Waals surface area contributed by atoms with E-state index in [-0.39, 0.29) is 12.4 Å². The van der Waals surface area contributed by atoms with Crippen LogP contribution >= 0.6 is 0 Å². The number of rotatable bonds is 6. The van der Waals surface area contributed by atoms with Crippen LogP contribution in [0.15, 0.2) is 61.1 Å². The average molecular weight is 445 g/mol. The largest absolute Gasteiger partial charge is 0.494 e. The number of aromatic hydroxyl groups is 1. The van der Waals surface area contributed by atoms with E-state index in [1.165, 1.54) is 0 Å². The second-order valence-corrected chi connectivity index (χ2v) is 8.06. The molecule has 5 rings (SSSR count). The fraction of sp³-hybridized carbons (Fsp3) is 0.208. The minimum Gasteiger partial charge on any atom is -0.494 e. The number of amides is 3. The van der Waals surface area contributed by atoms with Crippen molar-refractivity contribution in [2.75, 3.05) is 6.61 Å². The first-order valence-electron chi connectivity index (χ1n) is 10.6. The van der Waals surface area contributed by atoms with Crippen LogP contribution in [0.1, 0.15) is 12.5 Å². The van der Waals surface area contributed by atoms with Gasteiger partial charge in [0.15, 0.2) is 11.4 Å². The number of benzene rings is 2. The van der Waals surface area contributed by atoms with E-state index in [1.54, 1.807) is 39.8 Å². The second-order valence-electron chi connectivity index (χ2n) is 8.06. The SMILES string of the molecule is CCOc1ccc2cn(C[C@@]3(c4ccc(-c5cnn(C)c5)cc4)NC(=O)NC3=O)c(O)c2c1. The molecule has 1 fully saturated rings. The van der Waals surface area contributed by atoms with Crippen molar-refractivity contribution >= 4 is 22.7 Å². The quantitative estimate of drug-likeness (QED) is 0.395. The van der Waals surface area contributed by atoms with E-state index in [9.17, 15) is 14.7 Å². The van der Waals surface area contributed by atoms with Gasteiger partial charge in [0.1, 0.15) is 5.75 Å². The van der Waals surface area contributed by atoms with Gasteiger partial charge >= 0.3 is 6.03 Å². The molecule has 1 saturated heterocycles. The molecule has 0 radical (unpaired) electrons. The zero-order valence-corrected chi connectivity index (χ0v) is 18.2. The summed E-state index contributed by atoms with van der Waals surface area (Å²) in [5, 5.41) is 21.6. The lowest BCUT2D eigenvalue weighted by atomic mass is 9.88. The predicted octanol–water partition coefficient (Wildman–Crippen LogP) is 2.88. The molecule has 0 aliphatic carbocycles. The van der Waals surface area contributed by atoms with Crippen molar-refractivity contribution in [1.29, 1.82) is 0 Å². The Morgan fingerprint density at radius 1 is 1.09 bits per heavy atom. The highest BCUT2D eigenvalue weighted by Crippen LogP contribution is 2.35.